The first kappa shape index (κ1) is 10.9. The van der Waals surface area contributed by atoms with Gasteiger partial charge in [-0.1, -0.05) is 6.92 Å². The van der Waals surface area contributed by atoms with Crippen LogP contribution in [0.4, 0.5) is 5.69 Å². The highest BCUT2D eigenvalue weighted by molar-refractivity contribution is 9.10. The van der Waals surface area contributed by atoms with E-state index in [4.69, 9.17) is 0 Å². The second-order valence-electron chi connectivity index (χ2n) is 4.49. The van der Waals surface area contributed by atoms with Crippen LogP contribution in [0.15, 0.2) is 22.9 Å². The SMILES string of the molecule is CC1CCC(Nc2cncc(Br)c2)CC1. The van der Waals surface area contributed by atoms with Crippen molar-refractivity contribution in [1.82, 2.24) is 4.98 Å². The molecule has 1 N–H and O–H groups in total. The molecule has 0 bridgehead atoms. The summed E-state index contributed by atoms with van der Waals surface area (Å²) in [5.41, 5.74) is 1.13. The van der Waals surface area contributed by atoms with Crippen molar-refractivity contribution in [3.05, 3.63) is 22.9 Å². The number of anilines is 1. The third-order valence-corrected chi connectivity index (χ3v) is 3.53. The van der Waals surface area contributed by atoms with Crippen LogP contribution in [0.25, 0.3) is 0 Å². The second-order valence-corrected chi connectivity index (χ2v) is 5.41. The lowest BCUT2D eigenvalue weighted by molar-refractivity contribution is 0.361. The van der Waals surface area contributed by atoms with Crippen molar-refractivity contribution in [1.29, 1.82) is 0 Å². The Morgan fingerprint density at radius 1 is 1.27 bits per heavy atom. The molecule has 0 radical (unpaired) electrons. The van der Waals surface area contributed by atoms with Crippen LogP contribution >= 0.6 is 15.9 Å². The Morgan fingerprint density at radius 2 is 2.00 bits per heavy atom. The molecule has 0 spiro atoms. The van der Waals surface area contributed by atoms with E-state index in [1.54, 1.807) is 0 Å². The fourth-order valence-corrected chi connectivity index (χ4v) is 2.50. The number of halogens is 1. The molecule has 1 heterocycles. The lowest BCUT2D eigenvalue weighted by atomic mass is 9.87. The molecule has 0 amide bonds. The molecule has 0 unspecified atom stereocenters. The van der Waals surface area contributed by atoms with Gasteiger partial charge in [0.1, 0.15) is 0 Å². The Balaban J connectivity index is 1.92. The van der Waals surface area contributed by atoms with Crippen LogP contribution in [0.3, 0.4) is 0 Å². The normalized spacial score (nSPS) is 26.3. The maximum absolute atomic E-state index is 4.16. The molecule has 1 saturated carbocycles. The first-order chi connectivity index (χ1) is 7.24. The summed E-state index contributed by atoms with van der Waals surface area (Å²) < 4.78 is 1.04. The van der Waals surface area contributed by atoms with E-state index in [1.165, 1.54) is 25.7 Å². The molecule has 0 aromatic carbocycles. The van der Waals surface area contributed by atoms with Crippen LogP contribution < -0.4 is 5.32 Å². The molecule has 0 atom stereocenters. The smallest absolute Gasteiger partial charge is 0.0540 e. The Labute approximate surface area is 99.6 Å². The van der Waals surface area contributed by atoms with Gasteiger partial charge in [-0.15, -0.1) is 0 Å². The summed E-state index contributed by atoms with van der Waals surface area (Å²) in [7, 11) is 0. The molecular weight excluding hydrogens is 252 g/mol. The Kier molecular flexibility index (Phi) is 3.62. The van der Waals surface area contributed by atoms with Crippen molar-refractivity contribution in [3.63, 3.8) is 0 Å². The number of nitrogens with zero attached hydrogens (tertiary/aromatic N) is 1. The third-order valence-electron chi connectivity index (χ3n) is 3.09. The van der Waals surface area contributed by atoms with Gasteiger partial charge >= 0.3 is 0 Å². The van der Waals surface area contributed by atoms with Gasteiger partial charge in [-0.05, 0) is 53.6 Å². The number of aromatic nitrogens is 1. The van der Waals surface area contributed by atoms with E-state index in [-0.39, 0.29) is 0 Å². The van der Waals surface area contributed by atoms with Gasteiger partial charge in [0.05, 0.1) is 11.9 Å². The third kappa shape index (κ3) is 3.20. The molecule has 1 aliphatic rings. The van der Waals surface area contributed by atoms with Crippen LogP contribution in [0.1, 0.15) is 32.6 Å². The minimum Gasteiger partial charge on any atom is -0.381 e. The maximum Gasteiger partial charge on any atom is 0.0540 e. The number of pyridine rings is 1. The highest BCUT2D eigenvalue weighted by atomic mass is 79.9. The summed E-state index contributed by atoms with van der Waals surface area (Å²) in [6.07, 6.45) is 8.97. The zero-order valence-electron chi connectivity index (χ0n) is 9.04. The first-order valence-electron chi connectivity index (χ1n) is 5.61. The summed E-state index contributed by atoms with van der Waals surface area (Å²) in [4.78, 5) is 4.16. The van der Waals surface area contributed by atoms with Crippen molar-refractivity contribution in [2.75, 3.05) is 5.32 Å². The second kappa shape index (κ2) is 4.97. The first-order valence-corrected chi connectivity index (χ1v) is 6.40. The van der Waals surface area contributed by atoms with Crippen LogP contribution in [0.2, 0.25) is 0 Å². The van der Waals surface area contributed by atoms with Gasteiger partial charge in [0.25, 0.3) is 0 Å². The summed E-state index contributed by atoms with van der Waals surface area (Å²) in [6.45, 7) is 2.34. The van der Waals surface area contributed by atoms with Gasteiger partial charge in [-0.2, -0.15) is 0 Å². The fraction of sp³-hybridized carbons (Fsp3) is 0.583. The molecule has 1 aromatic heterocycles. The van der Waals surface area contributed by atoms with Gasteiger partial charge < -0.3 is 5.32 Å². The summed E-state index contributed by atoms with van der Waals surface area (Å²) >= 11 is 3.43. The van der Waals surface area contributed by atoms with Crippen LogP contribution in [-0.4, -0.2) is 11.0 Å². The molecule has 82 valence electrons. The number of rotatable bonds is 2. The van der Waals surface area contributed by atoms with Gasteiger partial charge in [-0.3, -0.25) is 4.98 Å². The summed E-state index contributed by atoms with van der Waals surface area (Å²) in [6, 6.07) is 2.72. The lowest BCUT2D eigenvalue weighted by Gasteiger charge is -2.27. The molecule has 2 nitrogen and oxygen atoms in total. The Morgan fingerprint density at radius 3 is 2.67 bits per heavy atom. The average molecular weight is 269 g/mol. The van der Waals surface area contributed by atoms with Crippen LogP contribution in [0, 0.1) is 5.92 Å². The fourth-order valence-electron chi connectivity index (χ4n) is 2.13. The van der Waals surface area contributed by atoms with Crippen molar-refractivity contribution >= 4 is 21.6 Å². The number of nitrogens with one attached hydrogen (secondary N) is 1. The van der Waals surface area contributed by atoms with E-state index in [9.17, 15) is 0 Å². The van der Waals surface area contributed by atoms with Crippen molar-refractivity contribution in [2.24, 2.45) is 5.92 Å². The largest absolute Gasteiger partial charge is 0.381 e. The topological polar surface area (TPSA) is 24.9 Å². The number of hydrogen-bond donors (Lipinski definition) is 1. The minimum atomic E-state index is 0.636. The van der Waals surface area contributed by atoms with Crippen LogP contribution in [-0.2, 0) is 0 Å². The van der Waals surface area contributed by atoms with Gasteiger partial charge in [0, 0.05) is 16.7 Å². The van der Waals surface area contributed by atoms with Gasteiger partial charge in [0.15, 0.2) is 0 Å². The van der Waals surface area contributed by atoms with Crippen molar-refractivity contribution < 1.29 is 0 Å². The molecule has 1 fully saturated rings. The summed E-state index contributed by atoms with van der Waals surface area (Å²) in [5.74, 6) is 0.906. The monoisotopic (exact) mass is 268 g/mol. The van der Waals surface area contributed by atoms with E-state index in [2.05, 4.69) is 39.2 Å². The zero-order valence-corrected chi connectivity index (χ0v) is 10.6. The van der Waals surface area contributed by atoms with E-state index < -0.39 is 0 Å². The Bertz CT molecular complexity index is 319. The molecule has 15 heavy (non-hydrogen) atoms. The highest BCUT2D eigenvalue weighted by Crippen LogP contribution is 2.26. The number of hydrogen-bond acceptors (Lipinski definition) is 2. The van der Waals surface area contributed by atoms with Gasteiger partial charge in [-0.25, -0.2) is 0 Å². The summed E-state index contributed by atoms with van der Waals surface area (Å²) in [5, 5.41) is 3.55. The minimum absolute atomic E-state index is 0.636. The van der Waals surface area contributed by atoms with Crippen LogP contribution in [0.5, 0.6) is 0 Å². The molecular formula is C12H17BrN2. The standard InChI is InChI=1S/C12H17BrN2/c1-9-2-4-11(5-3-9)15-12-6-10(13)7-14-8-12/h6-9,11,15H,2-5H2,1H3. The average Bonchev–Trinajstić information content (AvgIpc) is 2.22. The van der Waals surface area contributed by atoms with E-state index in [0.29, 0.717) is 6.04 Å². The molecule has 2 rings (SSSR count). The quantitative estimate of drug-likeness (QED) is 0.882. The molecule has 3 heteroatoms. The predicted octanol–water partition coefficient (Wildman–Crippen LogP) is 3.83. The van der Waals surface area contributed by atoms with Crippen molar-refractivity contribution in [3.8, 4) is 0 Å². The molecule has 0 saturated heterocycles. The van der Waals surface area contributed by atoms with E-state index in [1.807, 2.05) is 12.4 Å². The zero-order chi connectivity index (χ0) is 10.7. The lowest BCUT2D eigenvalue weighted by Crippen LogP contribution is -2.25. The molecule has 0 aliphatic heterocycles. The molecule has 1 aliphatic carbocycles. The molecule has 1 aromatic rings. The maximum atomic E-state index is 4.16. The van der Waals surface area contributed by atoms with E-state index in [0.717, 1.165) is 16.1 Å². The highest BCUT2D eigenvalue weighted by Gasteiger charge is 2.17. The van der Waals surface area contributed by atoms with Gasteiger partial charge in [0.2, 0.25) is 0 Å². The predicted molar refractivity (Wildman–Crippen MR) is 67.0 cm³/mol. The van der Waals surface area contributed by atoms with Crippen molar-refractivity contribution in [2.45, 2.75) is 38.6 Å². The van der Waals surface area contributed by atoms with E-state index >= 15 is 0 Å². The Hall–Kier alpha value is -0.570.